The van der Waals surface area contributed by atoms with Crippen LogP contribution in [0.25, 0.3) is 0 Å². The standard InChI is InChI=1S/C28H42FN3O4/c1-19(2)23(17-32-18-28(3,4)22-16-21(29)10-11-24(22)32)30-27(34)36-25(20-8-6-5-7-9-20)26(33)31-12-14-35-15-13-31/h10-11,16,19-20,23,25H,5-9,12-15,17-18H2,1-4H3,(H,30,34)/t23-,25?/m1/s1. The topological polar surface area (TPSA) is 71.1 Å². The lowest BCUT2D eigenvalue weighted by Gasteiger charge is -2.35. The second-order valence-corrected chi connectivity index (χ2v) is 11.6. The minimum absolute atomic E-state index is 0.0542. The predicted molar refractivity (Wildman–Crippen MR) is 138 cm³/mol. The highest BCUT2D eigenvalue weighted by atomic mass is 19.1. The molecule has 2 amide bonds. The van der Waals surface area contributed by atoms with E-state index in [2.05, 4.69) is 37.9 Å². The number of anilines is 1. The summed E-state index contributed by atoms with van der Waals surface area (Å²) in [5, 5.41) is 3.07. The van der Waals surface area contributed by atoms with Crippen LogP contribution in [0.5, 0.6) is 0 Å². The van der Waals surface area contributed by atoms with Crippen molar-refractivity contribution in [3.05, 3.63) is 29.6 Å². The average molecular weight is 504 g/mol. The van der Waals surface area contributed by atoms with Gasteiger partial charge in [0, 0.05) is 43.2 Å². The Kier molecular flexibility index (Phi) is 8.43. The average Bonchev–Trinajstić information content (AvgIpc) is 3.11. The second-order valence-electron chi connectivity index (χ2n) is 11.6. The first-order valence-corrected chi connectivity index (χ1v) is 13.5. The molecule has 1 saturated heterocycles. The van der Waals surface area contributed by atoms with E-state index >= 15 is 0 Å². The summed E-state index contributed by atoms with van der Waals surface area (Å²) in [6.45, 7) is 11.8. The fraction of sp³-hybridized carbons (Fsp3) is 0.714. The van der Waals surface area contributed by atoms with Gasteiger partial charge < -0.3 is 24.6 Å². The number of rotatable bonds is 7. The van der Waals surface area contributed by atoms with Crippen LogP contribution in [0.2, 0.25) is 0 Å². The molecule has 7 nitrogen and oxygen atoms in total. The fourth-order valence-electron chi connectivity index (χ4n) is 5.85. The van der Waals surface area contributed by atoms with Crippen molar-refractivity contribution in [1.82, 2.24) is 10.2 Å². The van der Waals surface area contributed by atoms with Crippen molar-refractivity contribution in [2.24, 2.45) is 11.8 Å². The van der Waals surface area contributed by atoms with Gasteiger partial charge in [0.25, 0.3) is 5.91 Å². The third kappa shape index (κ3) is 6.13. The Morgan fingerprint density at radius 3 is 2.53 bits per heavy atom. The van der Waals surface area contributed by atoms with Gasteiger partial charge in [0.15, 0.2) is 6.10 Å². The van der Waals surface area contributed by atoms with Crippen LogP contribution in [-0.4, -0.2) is 68.4 Å². The molecule has 0 radical (unpaired) electrons. The van der Waals surface area contributed by atoms with Gasteiger partial charge in [0.1, 0.15) is 5.82 Å². The summed E-state index contributed by atoms with van der Waals surface area (Å²) >= 11 is 0. The van der Waals surface area contributed by atoms with Gasteiger partial charge in [-0.3, -0.25) is 4.79 Å². The van der Waals surface area contributed by atoms with E-state index < -0.39 is 12.2 Å². The highest BCUT2D eigenvalue weighted by molar-refractivity contribution is 5.84. The summed E-state index contributed by atoms with van der Waals surface area (Å²) in [5.41, 5.74) is 1.81. The maximum atomic E-state index is 13.9. The normalized spacial score (nSPS) is 21.7. The van der Waals surface area contributed by atoms with Crippen molar-refractivity contribution in [3.63, 3.8) is 0 Å². The first-order valence-electron chi connectivity index (χ1n) is 13.5. The molecule has 36 heavy (non-hydrogen) atoms. The molecule has 2 atom stereocenters. The van der Waals surface area contributed by atoms with Gasteiger partial charge in [-0.25, -0.2) is 9.18 Å². The molecule has 8 heteroatoms. The third-order valence-corrected chi connectivity index (χ3v) is 8.02. The SMILES string of the molecule is CC(C)[C@@H](CN1CC(C)(C)c2cc(F)ccc21)NC(=O)OC(C(=O)N1CCOCC1)C1CCCCC1. The number of amides is 2. The number of hydrogen-bond donors (Lipinski definition) is 1. The minimum atomic E-state index is -0.759. The van der Waals surface area contributed by atoms with E-state index in [0.717, 1.165) is 49.9 Å². The summed E-state index contributed by atoms with van der Waals surface area (Å²) in [6, 6.07) is 4.75. The molecular weight excluding hydrogens is 461 g/mol. The van der Waals surface area contributed by atoms with E-state index in [4.69, 9.17) is 9.47 Å². The molecule has 1 aliphatic carbocycles. The first-order chi connectivity index (χ1) is 17.2. The first kappa shape index (κ1) is 26.7. The summed E-state index contributed by atoms with van der Waals surface area (Å²) in [7, 11) is 0. The summed E-state index contributed by atoms with van der Waals surface area (Å²) in [4.78, 5) is 30.6. The summed E-state index contributed by atoms with van der Waals surface area (Å²) < 4.78 is 25.3. The van der Waals surface area contributed by atoms with Gasteiger partial charge in [0.2, 0.25) is 0 Å². The van der Waals surface area contributed by atoms with Crippen molar-refractivity contribution in [1.29, 1.82) is 0 Å². The quantitative estimate of drug-likeness (QED) is 0.594. The Hall–Kier alpha value is -2.35. The molecule has 0 bridgehead atoms. The van der Waals surface area contributed by atoms with Crippen LogP contribution in [0.15, 0.2) is 18.2 Å². The van der Waals surface area contributed by atoms with Crippen molar-refractivity contribution in [2.75, 3.05) is 44.3 Å². The number of nitrogens with zero attached hydrogens (tertiary/aromatic N) is 2. The van der Waals surface area contributed by atoms with E-state index in [1.807, 2.05) is 6.07 Å². The molecule has 2 heterocycles. The number of halogens is 1. The van der Waals surface area contributed by atoms with Crippen LogP contribution >= 0.6 is 0 Å². The number of ether oxygens (including phenoxy) is 2. The molecule has 200 valence electrons. The Morgan fingerprint density at radius 2 is 1.86 bits per heavy atom. The van der Waals surface area contributed by atoms with Gasteiger partial charge >= 0.3 is 6.09 Å². The van der Waals surface area contributed by atoms with Crippen molar-refractivity contribution >= 4 is 17.7 Å². The smallest absolute Gasteiger partial charge is 0.408 e. The molecule has 0 spiro atoms. The molecule has 2 aliphatic heterocycles. The molecule has 4 rings (SSSR count). The number of hydrogen-bond acceptors (Lipinski definition) is 5. The fourth-order valence-corrected chi connectivity index (χ4v) is 5.85. The predicted octanol–water partition coefficient (Wildman–Crippen LogP) is 4.48. The van der Waals surface area contributed by atoms with E-state index in [0.29, 0.717) is 32.8 Å². The van der Waals surface area contributed by atoms with Gasteiger partial charge in [-0.2, -0.15) is 0 Å². The maximum Gasteiger partial charge on any atom is 0.408 e. The van der Waals surface area contributed by atoms with Gasteiger partial charge in [-0.15, -0.1) is 0 Å². The molecule has 3 aliphatic rings. The van der Waals surface area contributed by atoms with Gasteiger partial charge in [0.05, 0.1) is 19.3 Å². The van der Waals surface area contributed by atoms with Crippen molar-refractivity contribution in [3.8, 4) is 0 Å². The molecule has 1 aromatic carbocycles. The Bertz CT molecular complexity index is 925. The molecule has 1 unspecified atom stereocenters. The van der Waals surface area contributed by atoms with Crippen molar-refractivity contribution < 1.29 is 23.5 Å². The summed E-state index contributed by atoms with van der Waals surface area (Å²) in [6.07, 6.45) is 3.78. The lowest BCUT2D eigenvalue weighted by atomic mass is 9.84. The number of nitrogens with one attached hydrogen (secondary N) is 1. The Balaban J connectivity index is 1.44. The van der Waals surface area contributed by atoms with Crippen LogP contribution in [0, 0.1) is 17.7 Å². The Labute approximate surface area is 214 Å². The minimum Gasteiger partial charge on any atom is -0.436 e. The van der Waals surface area contributed by atoms with Crippen molar-refractivity contribution in [2.45, 2.75) is 77.4 Å². The van der Waals surface area contributed by atoms with Crippen LogP contribution in [0.4, 0.5) is 14.9 Å². The van der Waals surface area contributed by atoms with E-state index in [1.54, 1.807) is 11.0 Å². The number of alkyl carbamates (subject to hydrolysis) is 1. The number of morpholine rings is 1. The lowest BCUT2D eigenvalue weighted by molar-refractivity contribution is -0.148. The zero-order chi connectivity index (χ0) is 25.9. The summed E-state index contributed by atoms with van der Waals surface area (Å²) in [5.74, 6) is -0.130. The van der Waals surface area contributed by atoms with Crippen LogP contribution in [0.1, 0.15) is 65.4 Å². The largest absolute Gasteiger partial charge is 0.436 e. The van der Waals surface area contributed by atoms with Gasteiger partial charge in [-0.05, 0) is 42.5 Å². The number of carbonyl (C=O) groups excluding carboxylic acids is 2. The van der Waals surface area contributed by atoms with Gasteiger partial charge in [-0.1, -0.05) is 47.0 Å². The number of carbonyl (C=O) groups is 2. The highest BCUT2D eigenvalue weighted by Gasteiger charge is 2.39. The molecule has 1 aromatic rings. The van der Waals surface area contributed by atoms with Crippen LogP contribution < -0.4 is 10.2 Å². The van der Waals surface area contributed by atoms with E-state index in [9.17, 15) is 14.0 Å². The second kappa shape index (κ2) is 11.4. The lowest BCUT2D eigenvalue weighted by Crippen LogP contribution is -2.52. The zero-order valence-corrected chi connectivity index (χ0v) is 22.2. The molecule has 2 fully saturated rings. The van der Waals surface area contributed by atoms with Crippen LogP contribution in [-0.2, 0) is 19.7 Å². The zero-order valence-electron chi connectivity index (χ0n) is 22.2. The molecule has 1 saturated carbocycles. The van der Waals surface area contributed by atoms with Crippen LogP contribution in [0.3, 0.4) is 0 Å². The number of benzene rings is 1. The molecular formula is C28H42FN3O4. The third-order valence-electron chi connectivity index (χ3n) is 8.02. The molecule has 1 N–H and O–H groups in total. The van der Waals surface area contributed by atoms with E-state index in [-0.39, 0.29) is 35.0 Å². The highest BCUT2D eigenvalue weighted by Crippen LogP contribution is 2.41. The maximum absolute atomic E-state index is 13.9. The Morgan fingerprint density at radius 1 is 1.17 bits per heavy atom. The monoisotopic (exact) mass is 503 g/mol. The number of fused-ring (bicyclic) bond motifs is 1. The van der Waals surface area contributed by atoms with E-state index in [1.165, 1.54) is 6.07 Å². The molecule has 0 aromatic heterocycles.